The van der Waals surface area contributed by atoms with Crippen LogP contribution in [0.5, 0.6) is 5.75 Å². The van der Waals surface area contributed by atoms with E-state index in [4.69, 9.17) is 14.2 Å². The fourth-order valence-electron chi connectivity index (χ4n) is 14.2. The van der Waals surface area contributed by atoms with Crippen molar-refractivity contribution in [3.63, 3.8) is 0 Å². The number of Topliss-reactive ketones (excluding diaryl/α,β-unsaturated/α-hetero) is 1. The van der Waals surface area contributed by atoms with Crippen molar-refractivity contribution in [3.8, 4) is 5.75 Å². The van der Waals surface area contributed by atoms with Gasteiger partial charge in [0.25, 0.3) is 0 Å². The molecule has 2 aromatic carbocycles. The molecule has 2 aliphatic carbocycles. The molecule has 12 nitrogen and oxygen atoms in total. The number of thioether (sulfide) groups is 1. The summed E-state index contributed by atoms with van der Waals surface area (Å²) in [6.45, 7) is 19.8. The van der Waals surface area contributed by atoms with Crippen molar-refractivity contribution in [3.05, 3.63) is 81.9 Å². The van der Waals surface area contributed by atoms with Gasteiger partial charge in [-0.05, 0) is 108 Å². The molecule has 0 amide bonds. The molecule has 3 aromatic rings. The van der Waals surface area contributed by atoms with Crippen LogP contribution >= 0.6 is 11.8 Å². The lowest BCUT2D eigenvalue weighted by atomic mass is 9.48. The number of fused-ring (bicyclic) bond motifs is 3. The molecule has 4 aliphatic heterocycles. The van der Waals surface area contributed by atoms with Crippen LogP contribution in [0, 0.1) is 39.8 Å². The average Bonchev–Trinajstić information content (AvgIpc) is 3.76. The molecule has 0 radical (unpaired) electrons. The van der Waals surface area contributed by atoms with Crippen LogP contribution < -0.4 is 15.1 Å². The van der Waals surface area contributed by atoms with Gasteiger partial charge in [-0.25, -0.2) is 14.0 Å². The number of benzene rings is 2. The maximum absolute atomic E-state index is 16.2. The molecule has 384 valence electrons. The van der Waals surface area contributed by atoms with E-state index in [2.05, 4.69) is 46.2 Å². The number of halogens is 1. The molecule has 1 N–H and O–H groups in total. The topological polar surface area (TPSA) is 145 Å². The third-order valence-corrected chi connectivity index (χ3v) is 20.3. The standard InChI is InChI=1S/C57H74FN3O9S/c1-10-32(3)57(8)46(69-47(64)31-71-38-26-35-17-18-36(27-38)59(35)9)29-55(6,11-2)52(34(5)56(7)23-20-44(63)51(56)57)70-53(66)39-14-12-13-15-45(39)68-54(67)42-30-61-33(4)16-19-40-48(61)41(50(42)65)28-43(58)49(40)60-24-21-37(62)22-25-60/h11-15,28,30,32-38,46,51-52,62H,2,10,16-27,29,31H2,1,3-9H3/t32?,33?,34-,35?,36?,38?,46+,51?,52-,55+,56?,57-/m1/s1. The normalized spacial score (nSPS) is 33.5. The Morgan fingerprint density at radius 2 is 1.66 bits per heavy atom. The van der Waals surface area contributed by atoms with Crippen LogP contribution in [0.1, 0.15) is 151 Å². The highest BCUT2D eigenvalue weighted by Gasteiger charge is 2.65. The van der Waals surface area contributed by atoms with Gasteiger partial charge in [-0.2, -0.15) is 0 Å². The minimum absolute atomic E-state index is 0.00234. The molecule has 11 atom stereocenters. The second kappa shape index (κ2) is 19.7. The van der Waals surface area contributed by atoms with Gasteiger partial charge < -0.3 is 33.7 Å². The van der Waals surface area contributed by atoms with Crippen molar-refractivity contribution in [2.24, 2.45) is 34.0 Å². The molecular weight excluding hydrogens is 922 g/mol. The number of rotatable bonds is 12. The first-order valence-electron chi connectivity index (χ1n) is 26.3. The number of aliphatic hydroxyl groups is 1. The minimum atomic E-state index is -1.000. The second-order valence-electron chi connectivity index (χ2n) is 22.9. The van der Waals surface area contributed by atoms with Gasteiger partial charge in [-0.3, -0.25) is 14.4 Å². The number of aromatic nitrogens is 1. The smallest absolute Gasteiger partial charge is 0.349 e. The number of pyridine rings is 1. The summed E-state index contributed by atoms with van der Waals surface area (Å²) in [7, 11) is 2.21. The van der Waals surface area contributed by atoms with E-state index in [0.717, 1.165) is 19.3 Å². The number of hydrogen-bond acceptors (Lipinski definition) is 12. The second-order valence-corrected chi connectivity index (χ2v) is 24.2. The Balaban J connectivity index is 1.01. The van der Waals surface area contributed by atoms with Crippen LogP contribution in [0.25, 0.3) is 10.9 Å². The van der Waals surface area contributed by atoms with Gasteiger partial charge in [0.05, 0.1) is 23.1 Å². The van der Waals surface area contributed by atoms with Crippen molar-refractivity contribution in [2.75, 3.05) is 30.8 Å². The largest absolute Gasteiger partial charge is 0.461 e. The van der Waals surface area contributed by atoms with Crippen molar-refractivity contribution >= 4 is 52.0 Å². The van der Waals surface area contributed by atoms with E-state index in [1.165, 1.54) is 37.2 Å². The first kappa shape index (κ1) is 51.4. The quantitative estimate of drug-likeness (QED) is 0.105. The Bertz CT molecular complexity index is 2650. The molecule has 6 aliphatic rings. The fraction of sp³-hybridized carbons (Fsp3) is 0.632. The minimum Gasteiger partial charge on any atom is -0.461 e. The van der Waals surface area contributed by atoms with Crippen LogP contribution in [-0.2, 0) is 25.5 Å². The van der Waals surface area contributed by atoms with Gasteiger partial charge in [0.2, 0.25) is 5.43 Å². The summed E-state index contributed by atoms with van der Waals surface area (Å²) in [6.07, 6.45) is 9.92. The lowest BCUT2D eigenvalue weighted by Crippen LogP contribution is -2.60. The molecule has 1 aromatic heterocycles. The molecule has 3 saturated heterocycles. The molecule has 5 fully saturated rings. The highest BCUT2D eigenvalue weighted by molar-refractivity contribution is 8.00. The van der Waals surface area contributed by atoms with Crippen LogP contribution in [0.15, 0.2) is 54.0 Å². The van der Waals surface area contributed by atoms with E-state index in [1.54, 1.807) is 30.0 Å². The summed E-state index contributed by atoms with van der Waals surface area (Å²) in [5.74, 6) is -3.29. The molecule has 14 heteroatoms. The number of para-hydroxylation sites is 1. The lowest BCUT2D eigenvalue weighted by Gasteiger charge is -2.58. The van der Waals surface area contributed by atoms with Gasteiger partial charge in [-0.1, -0.05) is 66.2 Å². The molecule has 6 unspecified atom stereocenters. The Labute approximate surface area is 422 Å². The van der Waals surface area contributed by atoms with Crippen molar-refractivity contribution < 1.29 is 42.9 Å². The maximum atomic E-state index is 16.2. The van der Waals surface area contributed by atoms with Crippen molar-refractivity contribution in [1.82, 2.24) is 9.47 Å². The van der Waals surface area contributed by atoms with E-state index in [0.29, 0.717) is 85.7 Å². The zero-order valence-electron chi connectivity index (χ0n) is 43.0. The third-order valence-electron chi connectivity index (χ3n) is 19.1. The summed E-state index contributed by atoms with van der Waals surface area (Å²) in [5, 5.41) is 10.6. The van der Waals surface area contributed by atoms with Crippen molar-refractivity contribution in [2.45, 2.75) is 167 Å². The molecule has 2 saturated carbocycles. The van der Waals surface area contributed by atoms with Crippen molar-refractivity contribution in [1.29, 1.82) is 0 Å². The molecule has 5 heterocycles. The summed E-state index contributed by atoms with van der Waals surface area (Å²) < 4.78 is 37.4. The average molecular weight is 996 g/mol. The Hall–Kier alpha value is -4.53. The number of carbonyl (C=O) groups is 4. The molecule has 2 bridgehead atoms. The highest BCUT2D eigenvalue weighted by Crippen LogP contribution is 2.64. The molecule has 71 heavy (non-hydrogen) atoms. The zero-order valence-corrected chi connectivity index (χ0v) is 43.8. The SMILES string of the molecule is C=C[C@@]1(C)C[C@H](OC(=O)CSC2CC3CCC(C2)N3C)[C@@](C)(C(C)CC)C2C(=O)CCC2(C)[C@H](C)[C@H]1OC(=O)c1ccccc1OC(=O)c1cn2c3c(c(N4CCC(O)CC4)c(F)cc3c1=O)CCC2C. The number of esters is 3. The number of aliphatic hydroxyl groups excluding tert-OH is 1. The number of nitrogens with zero attached hydrogens (tertiary/aromatic N) is 3. The lowest BCUT2D eigenvalue weighted by molar-refractivity contribution is -0.189. The first-order chi connectivity index (χ1) is 33.7. The Morgan fingerprint density at radius 1 is 0.972 bits per heavy atom. The van der Waals surface area contributed by atoms with Crippen LogP contribution in [0.2, 0.25) is 0 Å². The van der Waals surface area contributed by atoms with Gasteiger partial charge in [0.15, 0.2) is 0 Å². The predicted octanol–water partition coefficient (Wildman–Crippen LogP) is 9.89. The van der Waals surface area contributed by atoms with E-state index in [1.807, 2.05) is 30.2 Å². The monoisotopic (exact) mass is 996 g/mol. The predicted molar refractivity (Wildman–Crippen MR) is 275 cm³/mol. The summed E-state index contributed by atoms with van der Waals surface area (Å²) >= 11 is 1.68. The number of ketones is 1. The molecule has 0 spiro atoms. The fourth-order valence-corrected chi connectivity index (χ4v) is 15.4. The van der Waals surface area contributed by atoms with E-state index < -0.39 is 63.7 Å². The number of anilines is 1. The Morgan fingerprint density at radius 3 is 2.34 bits per heavy atom. The molecule has 9 rings (SSSR count). The Kier molecular flexibility index (Phi) is 14.3. The third kappa shape index (κ3) is 8.97. The van der Waals surface area contributed by atoms with Gasteiger partial charge in [-0.15, -0.1) is 18.3 Å². The van der Waals surface area contributed by atoms with Crippen LogP contribution in [-0.4, -0.2) is 99.8 Å². The zero-order chi connectivity index (χ0) is 50.9. The number of carbonyl (C=O) groups excluding carboxylic acids is 4. The summed E-state index contributed by atoms with van der Waals surface area (Å²) in [5.41, 5.74) is -1.67. The number of hydrogen-bond donors (Lipinski definition) is 1. The van der Waals surface area contributed by atoms with Gasteiger partial charge in [0.1, 0.15) is 40.7 Å². The van der Waals surface area contributed by atoms with Gasteiger partial charge >= 0.3 is 17.9 Å². The summed E-state index contributed by atoms with van der Waals surface area (Å²) in [4.78, 5) is 76.5. The number of ether oxygens (including phenoxy) is 3. The van der Waals surface area contributed by atoms with E-state index >= 15 is 4.39 Å². The summed E-state index contributed by atoms with van der Waals surface area (Å²) in [6, 6.07) is 8.42. The van der Waals surface area contributed by atoms with Gasteiger partial charge in [0, 0.05) is 82.7 Å². The molecular formula is C57H74FN3O9S. The number of aryl methyl sites for hydroxylation is 1. The van der Waals surface area contributed by atoms with E-state index in [9.17, 15) is 29.1 Å². The van der Waals surface area contributed by atoms with E-state index in [-0.39, 0.29) is 64.1 Å². The van der Waals surface area contributed by atoms with Crippen LogP contribution in [0.4, 0.5) is 10.1 Å². The highest BCUT2D eigenvalue weighted by atomic mass is 32.2. The first-order valence-corrected chi connectivity index (χ1v) is 27.3. The van der Waals surface area contributed by atoms with Crippen LogP contribution in [0.3, 0.4) is 0 Å². The number of piperidine rings is 2. The maximum Gasteiger partial charge on any atom is 0.349 e.